The monoisotopic (exact) mass is 229 g/mol. The molecule has 0 saturated carbocycles. The molecule has 0 amide bonds. The van der Waals surface area contributed by atoms with Crippen LogP contribution in [0, 0.1) is 0 Å². The molecule has 1 unspecified atom stereocenters. The lowest BCUT2D eigenvalue weighted by molar-refractivity contribution is 0.461. The third-order valence-electron chi connectivity index (χ3n) is 2.00. The van der Waals surface area contributed by atoms with Crippen LogP contribution in [0.25, 0.3) is 0 Å². The van der Waals surface area contributed by atoms with Crippen molar-refractivity contribution in [1.29, 1.82) is 0 Å². The maximum absolute atomic E-state index is 11.5. The minimum atomic E-state index is -0.778. The topological polar surface area (TPSA) is 42.2 Å². The molecule has 3 nitrogen and oxygen atoms in total. The third kappa shape index (κ3) is 4.62. The van der Waals surface area contributed by atoms with Gasteiger partial charge in [-0.15, -0.1) is 0 Å². The Kier molecular flexibility index (Phi) is 5.65. The molecule has 0 aliphatic heterocycles. The van der Waals surface area contributed by atoms with Gasteiger partial charge in [-0.3, -0.25) is 4.21 Å². The van der Waals surface area contributed by atoms with Crippen molar-refractivity contribution in [2.75, 3.05) is 12.3 Å². The zero-order valence-electron chi connectivity index (χ0n) is 9.41. The van der Waals surface area contributed by atoms with Crippen molar-refractivity contribution in [2.24, 2.45) is 0 Å². The highest BCUT2D eigenvalue weighted by Crippen LogP contribution is 2.10. The fourth-order valence-electron chi connectivity index (χ4n) is 1.30. The molecule has 15 heavy (non-hydrogen) atoms. The van der Waals surface area contributed by atoms with E-state index in [1.165, 1.54) is 0 Å². The maximum Gasteiger partial charge on any atom is 0.118 e. The Labute approximate surface area is 93.7 Å². The summed E-state index contributed by atoms with van der Waals surface area (Å²) in [5.74, 6) is 3.04. The summed E-state index contributed by atoms with van der Waals surface area (Å²) in [6, 6.07) is 3.86. The summed E-state index contributed by atoms with van der Waals surface area (Å²) in [4.78, 5) is 0. The zero-order valence-corrected chi connectivity index (χ0v) is 10.2. The molecule has 0 fully saturated rings. The van der Waals surface area contributed by atoms with Gasteiger partial charge in [-0.25, -0.2) is 0 Å². The Bertz CT molecular complexity index is 309. The van der Waals surface area contributed by atoms with E-state index >= 15 is 0 Å². The summed E-state index contributed by atoms with van der Waals surface area (Å²) in [5, 5.41) is 3.19. The van der Waals surface area contributed by atoms with Crippen molar-refractivity contribution in [3.8, 4) is 0 Å². The summed E-state index contributed by atoms with van der Waals surface area (Å²) in [6.07, 6.45) is 0.956. The molecule has 1 aromatic heterocycles. The molecule has 4 heteroatoms. The molecule has 1 N–H and O–H groups in total. The van der Waals surface area contributed by atoms with Crippen molar-refractivity contribution < 1.29 is 8.63 Å². The van der Waals surface area contributed by atoms with Gasteiger partial charge in [0.25, 0.3) is 0 Å². The van der Waals surface area contributed by atoms with Crippen LogP contribution >= 0.6 is 0 Å². The zero-order chi connectivity index (χ0) is 11.1. The van der Waals surface area contributed by atoms with Crippen LogP contribution in [0.4, 0.5) is 0 Å². The number of furan rings is 1. The molecule has 1 atom stereocenters. The molecule has 0 saturated heterocycles. The van der Waals surface area contributed by atoms with Gasteiger partial charge in [0.05, 0.1) is 12.3 Å². The molecule has 1 rings (SSSR count). The smallest absolute Gasteiger partial charge is 0.118 e. The lowest BCUT2D eigenvalue weighted by Gasteiger charge is -1.98. The largest absolute Gasteiger partial charge is 0.464 e. The molecule has 0 radical (unpaired) electrons. The van der Waals surface area contributed by atoms with E-state index < -0.39 is 10.8 Å². The van der Waals surface area contributed by atoms with Crippen LogP contribution in [-0.4, -0.2) is 16.5 Å². The van der Waals surface area contributed by atoms with Crippen molar-refractivity contribution in [1.82, 2.24) is 5.32 Å². The van der Waals surface area contributed by atoms with Crippen molar-refractivity contribution in [2.45, 2.75) is 32.6 Å². The van der Waals surface area contributed by atoms with Gasteiger partial charge in [0.15, 0.2) is 0 Å². The second-order valence-corrected chi connectivity index (χ2v) is 5.01. The first kappa shape index (κ1) is 12.5. The van der Waals surface area contributed by atoms with Gasteiger partial charge in [-0.05, 0) is 25.1 Å². The van der Waals surface area contributed by atoms with Gasteiger partial charge in [-0.1, -0.05) is 13.8 Å². The highest BCUT2D eigenvalue weighted by Gasteiger charge is 2.05. The minimum Gasteiger partial charge on any atom is -0.464 e. The van der Waals surface area contributed by atoms with Gasteiger partial charge < -0.3 is 9.73 Å². The van der Waals surface area contributed by atoms with Crippen molar-refractivity contribution in [3.05, 3.63) is 23.7 Å². The molecule has 0 aliphatic carbocycles. The Balaban J connectivity index is 2.42. The Morgan fingerprint density at radius 3 is 2.73 bits per heavy atom. The molecular weight excluding hydrogens is 210 g/mol. The first-order valence-electron chi connectivity index (χ1n) is 5.39. The molecule has 1 heterocycles. The lowest BCUT2D eigenvalue weighted by Crippen LogP contribution is -2.10. The highest BCUT2D eigenvalue weighted by molar-refractivity contribution is 7.84. The predicted molar refractivity (Wildman–Crippen MR) is 63.1 cm³/mol. The van der Waals surface area contributed by atoms with Crippen molar-refractivity contribution in [3.63, 3.8) is 0 Å². The SMILES string of the molecule is CCCS(=O)Cc1ccc(CNCC)o1. The number of hydrogen-bond acceptors (Lipinski definition) is 3. The van der Waals surface area contributed by atoms with E-state index in [-0.39, 0.29) is 0 Å². The van der Waals surface area contributed by atoms with E-state index in [2.05, 4.69) is 12.2 Å². The van der Waals surface area contributed by atoms with Gasteiger partial charge in [0.2, 0.25) is 0 Å². The fraction of sp³-hybridized carbons (Fsp3) is 0.636. The molecule has 0 aromatic carbocycles. The number of hydrogen-bond donors (Lipinski definition) is 1. The van der Waals surface area contributed by atoms with Crippen LogP contribution in [-0.2, 0) is 23.1 Å². The summed E-state index contributed by atoms with van der Waals surface area (Å²) >= 11 is 0. The average molecular weight is 229 g/mol. The van der Waals surface area contributed by atoms with E-state index in [9.17, 15) is 4.21 Å². The molecule has 1 aromatic rings. The second kappa shape index (κ2) is 6.80. The van der Waals surface area contributed by atoms with Crippen LogP contribution in [0.5, 0.6) is 0 Å². The first-order chi connectivity index (χ1) is 7.26. The number of nitrogens with one attached hydrogen (secondary N) is 1. The third-order valence-corrected chi connectivity index (χ3v) is 3.47. The fourth-order valence-corrected chi connectivity index (χ4v) is 2.37. The van der Waals surface area contributed by atoms with Gasteiger partial charge >= 0.3 is 0 Å². The standard InChI is InChI=1S/C11H19NO2S/c1-3-7-15(13)9-11-6-5-10(14-11)8-12-4-2/h5-6,12H,3-4,7-9H2,1-2H3. The van der Waals surface area contributed by atoms with Gasteiger partial charge in [-0.2, -0.15) is 0 Å². The van der Waals surface area contributed by atoms with Gasteiger partial charge in [0.1, 0.15) is 11.5 Å². The summed E-state index contributed by atoms with van der Waals surface area (Å²) in [5.41, 5.74) is 0. The summed E-state index contributed by atoms with van der Waals surface area (Å²) in [7, 11) is -0.778. The summed E-state index contributed by atoms with van der Waals surface area (Å²) < 4.78 is 17.0. The van der Waals surface area contributed by atoms with Crippen LogP contribution in [0.15, 0.2) is 16.5 Å². The predicted octanol–water partition coefficient (Wildman–Crippen LogP) is 2.05. The van der Waals surface area contributed by atoms with E-state index in [1.54, 1.807) is 0 Å². The molecule has 0 aliphatic rings. The average Bonchev–Trinajstić information content (AvgIpc) is 2.63. The van der Waals surface area contributed by atoms with Crippen LogP contribution in [0.1, 0.15) is 31.8 Å². The molecular formula is C11H19NO2S. The quantitative estimate of drug-likeness (QED) is 0.778. The van der Waals surface area contributed by atoms with E-state index in [0.29, 0.717) is 5.75 Å². The molecule has 0 bridgehead atoms. The highest BCUT2D eigenvalue weighted by atomic mass is 32.2. The van der Waals surface area contributed by atoms with Crippen molar-refractivity contribution >= 4 is 10.8 Å². The minimum absolute atomic E-state index is 0.542. The van der Waals surface area contributed by atoms with E-state index in [0.717, 1.165) is 36.8 Å². The maximum atomic E-state index is 11.5. The first-order valence-corrected chi connectivity index (χ1v) is 6.88. The normalized spacial score (nSPS) is 12.9. The molecule has 0 spiro atoms. The van der Waals surface area contributed by atoms with E-state index in [1.807, 2.05) is 19.1 Å². The van der Waals surface area contributed by atoms with Gasteiger partial charge in [0, 0.05) is 16.6 Å². The summed E-state index contributed by atoms with van der Waals surface area (Å²) in [6.45, 7) is 5.77. The molecule has 86 valence electrons. The number of rotatable bonds is 7. The van der Waals surface area contributed by atoms with Crippen LogP contribution < -0.4 is 5.32 Å². The van der Waals surface area contributed by atoms with Crippen LogP contribution in [0.3, 0.4) is 0 Å². The Morgan fingerprint density at radius 2 is 2.07 bits per heavy atom. The lowest BCUT2D eigenvalue weighted by atomic mass is 10.4. The van der Waals surface area contributed by atoms with Crippen LogP contribution in [0.2, 0.25) is 0 Å². The second-order valence-electron chi connectivity index (χ2n) is 3.44. The van der Waals surface area contributed by atoms with E-state index in [4.69, 9.17) is 4.42 Å². The Morgan fingerprint density at radius 1 is 1.33 bits per heavy atom. The Hall–Kier alpha value is -0.610.